The van der Waals surface area contributed by atoms with Crippen molar-refractivity contribution in [3.05, 3.63) is 83.9 Å². The van der Waals surface area contributed by atoms with E-state index < -0.39 is 0 Å². The molecule has 0 fully saturated rings. The molecule has 0 aliphatic carbocycles. The van der Waals surface area contributed by atoms with E-state index in [1.54, 1.807) is 0 Å². The van der Waals surface area contributed by atoms with Gasteiger partial charge < -0.3 is 9.47 Å². The van der Waals surface area contributed by atoms with Crippen molar-refractivity contribution in [2.75, 3.05) is 6.61 Å². The third-order valence-corrected chi connectivity index (χ3v) is 6.02. The molecular weight excluding hydrogens is 416 g/mol. The van der Waals surface area contributed by atoms with E-state index in [1.807, 2.05) is 24.3 Å². The first kappa shape index (κ1) is 25.4. The maximum Gasteiger partial charge on any atom is 0.120 e. The van der Waals surface area contributed by atoms with E-state index >= 15 is 0 Å². The predicted molar refractivity (Wildman–Crippen MR) is 143 cm³/mol. The van der Waals surface area contributed by atoms with E-state index in [9.17, 15) is 0 Å². The second kappa shape index (κ2) is 14.2. The highest BCUT2D eigenvalue weighted by Crippen LogP contribution is 2.22. The molecule has 0 aromatic heterocycles. The first-order valence-corrected chi connectivity index (χ1v) is 12.7. The Morgan fingerprint density at radius 3 is 1.94 bits per heavy atom. The molecule has 0 saturated heterocycles. The summed E-state index contributed by atoms with van der Waals surface area (Å²) in [5.74, 6) is 8.89. The van der Waals surface area contributed by atoms with Crippen molar-refractivity contribution in [2.24, 2.45) is 5.92 Å². The van der Waals surface area contributed by atoms with Crippen LogP contribution in [-0.4, -0.2) is 6.61 Å². The van der Waals surface area contributed by atoms with Gasteiger partial charge in [0, 0.05) is 12.0 Å². The van der Waals surface area contributed by atoms with Gasteiger partial charge in [0.05, 0.1) is 6.61 Å². The van der Waals surface area contributed by atoms with Crippen LogP contribution < -0.4 is 9.47 Å². The average molecular weight is 455 g/mol. The molecule has 0 aliphatic rings. The molecule has 1 atom stereocenters. The van der Waals surface area contributed by atoms with Gasteiger partial charge in [-0.15, -0.1) is 0 Å². The van der Waals surface area contributed by atoms with Crippen molar-refractivity contribution in [1.29, 1.82) is 0 Å². The Bertz CT molecular complexity index is 1020. The molecule has 178 valence electrons. The smallest absolute Gasteiger partial charge is 0.120 e. The lowest BCUT2D eigenvalue weighted by atomic mass is 10.0. The minimum absolute atomic E-state index is 0.542. The maximum absolute atomic E-state index is 5.95. The van der Waals surface area contributed by atoms with Crippen molar-refractivity contribution in [3.8, 4) is 34.5 Å². The molecule has 0 spiro atoms. The molecule has 34 heavy (non-hydrogen) atoms. The highest BCUT2D eigenvalue weighted by molar-refractivity contribution is 5.64. The molecule has 2 nitrogen and oxygen atoms in total. The molecule has 3 rings (SSSR count). The number of unbranched alkanes of at least 4 members (excludes halogenated alkanes) is 4. The SMILES string of the molecule is CCCCCCC#Cc1ccc(-c2ccc(COc3ccc(OCC(C)CC)cc3)cc2)cc1. The van der Waals surface area contributed by atoms with Gasteiger partial charge in [-0.25, -0.2) is 0 Å². The van der Waals surface area contributed by atoms with Crippen molar-refractivity contribution >= 4 is 0 Å². The Balaban J connectivity index is 1.47. The fraction of sp³-hybridized carbons (Fsp3) is 0.375. The minimum Gasteiger partial charge on any atom is -0.493 e. The van der Waals surface area contributed by atoms with Gasteiger partial charge in [0.25, 0.3) is 0 Å². The highest BCUT2D eigenvalue weighted by atomic mass is 16.5. The number of rotatable bonds is 12. The quantitative estimate of drug-likeness (QED) is 0.201. The Morgan fingerprint density at radius 1 is 0.706 bits per heavy atom. The number of hydrogen-bond acceptors (Lipinski definition) is 2. The third kappa shape index (κ3) is 8.64. The first-order valence-electron chi connectivity index (χ1n) is 12.7. The molecule has 2 heteroatoms. The lowest BCUT2D eigenvalue weighted by Crippen LogP contribution is -2.07. The van der Waals surface area contributed by atoms with Crippen molar-refractivity contribution in [2.45, 2.75) is 65.9 Å². The fourth-order valence-electron chi connectivity index (χ4n) is 3.50. The summed E-state index contributed by atoms with van der Waals surface area (Å²) in [7, 11) is 0. The zero-order valence-electron chi connectivity index (χ0n) is 21.0. The van der Waals surface area contributed by atoms with E-state index in [0.29, 0.717) is 12.5 Å². The Hall–Kier alpha value is -3.18. The van der Waals surface area contributed by atoms with Gasteiger partial charge >= 0.3 is 0 Å². The largest absolute Gasteiger partial charge is 0.493 e. The van der Waals surface area contributed by atoms with Crippen LogP contribution in [0.25, 0.3) is 11.1 Å². The van der Waals surface area contributed by atoms with Gasteiger partial charge in [0.2, 0.25) is 0 Å². The van der Waals surface area contributed by atoms with Crippen LogP contribution in [-0.2, 0) is 6.61 Å². The van der Waals surface area contributed by atoms with Gasteiger partial charge in [-0.3, -0.25) is 0 Å². The molecule has 0 radical (unpaired) electrons. The first-order chi connectivity index (χ1) is 16.7. The average Bonchev–Trinajstić information content (AvgIpc) is 2.89. The number of ether oxygens (including phenoxy) is 2. The Morgan fingerprint density at radius 2 is 1.32 bits per heavy atom. The van der Waals surface area contributed by atoms with E-state index in [0.717, 1.165) is 42.1 Å². The normalized spacial score (nSPS) is 11.4. The Labute approximate surface area is 206 Å². The maximum atomic E-state index is 5.95. The molecule has 0 amide bonds. The van der Waals surface area contributed by atoms with Gasteiger partial charge in [0.1, 0.15) is 18.1 Å². The molecule has 0 heterocycles. The summed E-state index contributed by atoms with van der Waals surface area (Å²) in [6.45, 7) is 7.91. The summed E-state index contributed by atoms with van der Waals surface area (Å²) in [6, 6.07) is 25.0. The standard InChI is InChI=1S/C32H38O2/c1-4-6-7-8-9-10-11-27-12-16-29(17-13-27)30-18-14-28(15-19-30)25-34-32-22-20-31(21-23-32)33-24-26(3)5-2/h12-23,26H,4-9,24-25H2,1-3H3. The molecule has 0 N–H and O–H groups in total. The van der Waals surface area contributed by atoms with Crippen LogP contribution >= 0.6 is 0 Å². The van der Waals surface area contributed by atoms with Crippen LogP contribution in [0.4, 0.5) is 0 Å². The topological polar surface area (TPSA) is 18.5 Å². The van der Waals surface area contributed by atoms with Crippen molar-refractivity contribution in [1.82, 2.24) is 0 Å². The minimum atomic E-state index is 0.542. The lowest BCUT2D eigenvalue weighted by Gasteiger charge is -2.12. The van der Waals surface area contributed by atoms with Crippen LogP contribution in [0.15, 0.2) is 72.8 Å². The summed E-state index contributed by atoms with van der Waals surface area (Å²) < 4.78 is 11.8. The van der Waals surface area contributed by atoms with Crippen LogP contribution in [0.2, 0.25) is 0 Å². The Kier molecular flexibility index (Phi) is 10.6. The zero-order valence-corrected chi connectivity index (χ0v) is 21.0. The fourth-order valence-corrected chi connectivity index (χ4v) is 3.50. The van der Waals surface area contributed by atoms with Gasteiger partial charge in [0.15, 0.2) is 0 Å². The lowest BCUT2D eigenvalue weighted by molar-refractivity contribution is 0.255. The van der Waals surface area contributed by atoms with Crippen molar-refractivity contribution in [3.63, 3.8) is 0 Å². The van der Waals surface area contributed by atoms with Crippen molar-refractivity contribution < 1.29 is 9.47 Å². The van der Waals surface area contributed by atoms with E-state index in [-0.39, 0.29) is 0 Å². The van der Waals surface area contributed by atoms with Gasteiger partial charge in [-0.05, 0) is 65.4 Å². The monoisotopic (exact) mass is 454 g/mol. The number of benzene rings is 3. The predicted octanol–water partition coefficient (Wildman–Crippen LogP) is 8.68. The molecule has 3 aromatic rings. The van der Waals surface area contributed by atoms with Crippen LogP contribution in [0.1, 0.15) is 70.4 Å². The molecule has 3 aromatic carbocycles. The summed E-state index contributed by atoms with van der Waals surface area (Å²) in [6.07, 6.45) is 7.17. The van der Waals surface area contributed by atoms with Gasteiger partial charge in [-0.1, -0.05) is 94.7 Å². The van der Waals surface area contributed by atoms with E-state index in [4.69, 9.17) is 9.47 Å². The van der Waals surface area contributed by atoms with Crippen LogP contribution in [0.5, 0.6) is 11.5 Å². The summed E-state index contributed by atoms with van der Waals surface area (Å²) in [5.41, 5.74) is 4.63. The summed E-state index contributed by atoms with van der Waals surface area (Å²) >= 11 is 0. The van der Waals surface area contributed by atoms with E-state index in [2.05, 4.69) is 81.1 Å². The highest BCUT2D eigenvalue weighted by Gasteiger charge is 2.03. The molecule has 0 bridgehead atoms. The molecule has 1 unspecified atom stereocenters. The van der Waals surface area contributed by atoms with Crippen LogP contribution in [0.3, 0.4) is 0 Å². The molecule has 0 aliphatic heterocycles. The molecular formula is C32H38O2. The zero-order chi connectivity index (χ0) is 24.0. The third-order valence-electron chi connectivity index (χ3n) is 6.02. The second-order valence-electron chi connectivity index (χ2n) is 8.97. The summed E-state index contributed by atoms with van der Waals surface area (Å²) in [5, 5.41) is 0. The van der Waals surface area contributed by atoms with E-state index in [1.165, 1.54) is 36.8 Å². The van der Waals surface area contributed by atoms with Gasteiger partial charge in [-0.2, -0.15) is 0 Å². The second-order valence-corrected chi connectivity index (χ2v) is 8.97. The number of hydrogen-bond donors (Lipinski definition) is 0. The molecule has 0 saturated carbocycles. The van der Waals surface area contributed by atoms with Crippen LogP contribution in [0, 0.1) is 17.8 Å². The summed E-state index contributed by atoms with van der Waals surface area (Å²) in [4.78, 5) is 0.